The van der Waals surface area contributed by atoms with E-state index >= 15 is 0 Å². The summed E-state index contributed by atoms with van der Waals surface area (Å²) in [5.74, 6) is 0. The van der Waals surface area contributed by atoms with Crippen molar-refractivity contribution in [3.05, 3.63) is 28.2 Å². The molecule has 0 saturated carbocycles. The van der Waals surface area contributed by atoms with Gasteiger partial charge in [-0.1, -0.05) is 15.9 Å². The molecule has 0 aromatic heterocycles. The van der Waals surface area contributed by atoms with Crippen molar-refractivity contribution in [3.63, 3.8) is 0 Å². The average molecular weight is 349 g/mol. The molecular weight excluding hydrogens is 328 g/mol. The second kappa shape index (κ2) is 7.38. The fraction of sp³-hybridized carbons (Fsp3) is 0.538. The fourth-order valence-electron chi connectivity index (χ4n) is 1.63. The number of unbranched alkanes of at least 4 members (excludes halogenated alkanes) is 1. The minimum Gasteiger partial charge on any atom is -0.309 e. The van der Waals surface area contributed by atoms with Gasteiger partial charge in [0.1, 0.15) is 0 Å². The van der Waals surface area contributed by atoms with Gasteiger partial charge in [0, 0.05) is 11.0 Å². The highest BCUT2D eigenvalue weighted by Gasteiger charge is 2.13. The van der Waals surface area contributed by atoms with Crippen molar-refractivity contribution in [2.45, 2.75) is 24.7 Å². The van der Waals surface area contributed by atoms with Crippen molar-refractivity contribution in [2.24, 2.45) is 0 Å². The Hall–Kier alpha value is -0.430. The molecule has 0 aliphatic carbocycles. The highest BCUT2D eigenvalue weighted by atomic mass is 79.9. The molecule has 0 bridgehead atoms. The third-order valence-electron chi connectivity index (χ3n) is 2.76. The standard InChI is InChI=1S/C13H21BrN2O2S/c1-11-10-12(6-7-13(11)14)19(17,18)15-8-4-5-9-16(2)3/h6-7,10,15H,4-5,8-9H2,1-3H3. The number of rotatable bonds is 7. The summed E-state index contributed by atoms with van der Waals surface area (Å²) >= 11 is 3.36. The molecule has 6 heteroatoms. The molecule has 0 amide bonds. The third-order valence-corrected chi connectivity index (χ3v) is 5.11. The molecule has 1 aromatic rings. The summed E-state index contributed by atoms with van der Waals surface area (Å²) in [5, 5.41) is 0. The van der Waals surface area contributed by atoms with Gasteiger partial charge in [0.05, 0.1) is 4.90 Å². The SMILES string of the molecule is Cc1cc(S(=O)(=O)NCCCCN(C)C)ccc1Br. The van der Waals surface area contributed by atoms with Crippen LogP contribution in [0.15, 0.2) is 27.6 Å². The summed E-state index contributed by atoms with van der Waals surface area (Å²) in [5.41, 5.74) is 0.912. The predicted molar refractivity (Wildman–Crippen MR) is 81.9 cm³/mol. The zero-order valence-corrected chi connectivity index (χ0v) is 14.0. The number of aryl methyl sites for hydroxylation is 1. The summed E-state index contributed by atoms with van der Waals surface area (Å²) in [6.07, 6.45) is 1.82. The van der Waals surface area contributed by atoms with E-state index in [1.54, 1.807) is 18.2 Å². The molecule has 108 valence electrons. The number of sulfonamides is 1. The minimum absolute atomic E-state index is 0.320. The van der Waals surface area contributed by atoms with Crippen molar-refractivity contribution < 1.29 is 8.42 Å². The number of nitrogens with zero attached hydrogens (tertiary/aromatic N) is 1. The third kappa shape index (κ3) is 5.60. The van der Waals surface area contributed by atoms with Gasteiger partial charge >= 0.3 is 0 Å². The number of nitrogens with one attached hydrogen (secondary N) is 1. The molecule has 0 aliphatic heterocycles. The fourth-order valence-corrected chi connectivity index (χ4v) is 3.03. The van der Waals surface area contributed by atoms with Crippen LogP contribution >= 0.6 is 15.9 Å². The van der Waals surface area contributed by atoms with E-state index < -0.39 is 10.0 Å². The summed E-state index contributed by atoms with van der Waals surface area (Å²) in [6, 6.07) is 5.04. The molecule has 4 nitrogen and oxygen atoms in total. The first-order chi connectivity index (χ1) is 8.83. The van der Waals surface area contributed by atoms with E-state index in [0.29, 0.717) is 11.4 Å². The summed E-state index contributed by atoms with van der Waals surface area (Å²) < 4.78 is 27.7. The monoisotopic (exact) mass is 348 g/mol. The topological polar surface area (TPSA) is 49.4 Å². The molecule has 0 heterocycles. The Bertz CT molecular complexity index is 515. The molecule has 19 heavy (non-hydrogen) atoms. The van der Waals surface area contributed by atoms with Crippen LogP contribution in [0.1, 0.15) is 18.4 Å². The van der Waals surface area contributed by atoms with E-state index in [1.807, 2.05) is 21.0 Å². The lowest BCUT2D eigenvalue weighted by Crippen LogP contribution is -2.25. The maximum Gasteiger partial charge on any atom is 0.240 e. The van der Waals surface area contributed by atoms with Gasteiger partial charge in [-0.25, -0.2) is 13.1 Å². The summed E-state index contributed by atoms with van der Waals surface area (Å²) in [4.78, 5) is 2.41. The van der Waals surface area contributed by atoms with E-state index in [-0.39, 0.29) is 0 Å². The van der Waals surface area contributed by atoms with Crippen LogP contribution in [0.4, 0.5) is 0 Å². The van der Waals surface area contributed by atoms with Crippen molar-refractivity contribution in [3.8, 4) is 0 Å². The highest BCUT2D eigenvalue weighted by Crippen LogP contribution is 2.19. The van der Waals surface area contributed by atoms with E-state index in [2.05, 4.69) is 25.6 Å². The summed E-state index contributed by atoms with van der Waals surface area (Å²) in [7, 11) is 0.633. The Morgan fingerprint density at radius 2 is 1.95 bits per heavy atom. The Morgan fingerprint density at radius 1 is 1.26 bits per heavy atom. The normalized spacial score (nSPS) is 12.1. The van der Waals surface area contributed by atoms with Gasteiger partial charge in [-0.15, -0.1) is 0 Å². The van der Waals surface area contributed by atoms with Gasteiger partial charge in [0.2, 0.25) is 10.0 Å². The van der Waals surface area contributed by atoms with Crippen LogP contribution in [0, 0.1) is 6.92 Å². The van der Waals surface area contributed by atoms with Crippen molar-refractivity contribution in [1.29, 1.82) is 0 Å². The van der Waals surface area contributed by atoms with Crippen LogP contribution in [-0.2, 0) is 10.0 Å². The molecule has 1 aromatic carbocycles. The molecule has 0 aliphatic rings. The Kier molecular flexibility index (Phi) is 6.46. The van der Waals surface area contributed by atoms with Gasteiger partial charge in [-0.3, -0.25) is 0 Å². The van der Waals surface area contributed by atoms with Gasteiger partial charge in [0.25, 0.3) is 0 Å². The quantitative estimate of drug-likeness (QED) is 0.769. The van der Waals surface area contributed by atoms with Gasteiger partial charge in [-0.2, -0.15) is 0 Å². The van der Waals surface area contributed by atoms with Crippen LogP contribution in [-0.4, -0.2) is 40.5 Å². The average Bonchev–Trinajstić information content (AvgIpc) is 2.31. The van der Waals surface area contributed by atoms with Gasteiger partial charge in [-0.05, 0) is 64.2 Å². The summed E-state index contributed by atoms with van der Waals surface area (Å²) in [6.45, 7) is 3.32. The zero-order valence-electron chi connectivity index (χ0n) is 11.6. The lowest BCUT2D eigenvalue weighted by Gasteiger charge is -2.10. The highest BCUT2D eigenvalue weighted by molar-refractivity contribution is 9.10. The zero-order chi connectivity index (χ0) is 14.5. The number of halogens is 1. The van der Waals surface area contributed by atoms with Crippen molar-refractivity contribution in [2.75, 3.05) is 27.2 Å². The smallest absolute Gasteiger partial charge is 0.240 e. The van der Waals surface area contributed by atoms with E-state index in [1.165, 1.54) is 0 Å². The van der Waals surface area contributed by atoms with Crippen LogP contribution in [0.5, 0.6) is 0 Å². The maximum atomic E-state index is 12.1. The Balaban J connectivity index is 2.54. The molecule has 0 spiro atoms. The first-order valence-electron chi connectivity index (χ1n) is 6.23. The molecule has 0 saturated heterocycles. The molecular formula is C13H21BrN2O2S. The maximum absolute atomic E-state index is 12.1. The number of benzene rings is 1. The lowest BCUT2D eigenvalue weighted by molar-refractivity contribution is 0.394. The molecule has 0 fully saturated rings. The van der Waals surface area contributed by atoms with Gasteiger partial charge < -0.3 is 4.90 Å². The van der Waals surface area contributed by atoms with E-state index in [0.717, 1.165) is 29.4 Å². The van der Waals surface area contributed by atoms with Crippen LogP contribution < -0.4 is 4.72 Å². The lowest BCUT2D eigenvalue weighted by atomic mass is 10.2. The molecule has 0 unspecified atom stereocenters. The van der Waals surface area contributed by atoms with E-state index in [9.17, 15) is 8.42 Å². The first-order valence-corrected chi connectivity index (χ1v) is 8.51. The van der Waals surface area contributed by atoms with E-state index in [4.69, 9.17) is 0 Å². The van der Waals surface area contributed by atoms with Crippen LogP contribution in [0.25, 0.3) is 0 Å². The minimum atomic E-state index is -3.38. The second-order valence-corrected chi connectivity index (χ2v) is 7.44. The number of hydrogen-bond acceptors (Lipinski definition) is 3. The largest absolute Gasteiger partial charge is 0.309 e. The predicted octanol–water partition coefficient (Wildman–Crippen LogP) is 2.38. The molecule has 1 N–H and O–H groups in total. The van der Waals surface area contributed by atoms with Crippen molar-refractivity contribution >= 4 is 26.0 Å². The van der Waals surface area contributed by atoms with Gasteiger partial charge in [0.15, 0.2) is 0 Å². The van der Waals surface area contributed by atoms with Crippen LogP contribution in [0.2, 0.25) is 0 Å². The molecule has 0 radical (unpaired) electrons. The first kappa shape index (κ1) is 16.6. The van der Waals surface area contributed by atoms with Crippen molar-refractivity contribution in [1.82, 2.24) is 9.62 Å². The second-order valence-electron chi connectivity index (χ2n) is 4.82. The Labute approximate surface area is 124 Å². The Morgan fingerprint density at radius 3 is 2.53 bits per heavy atom. The van der Waals surface area contributed by atoms with Crippen LogP contribution in [0.3, 0.4) is 0 Å². The molecule has 1 rings (SSSR count). The molecule has 0 atom stereocenters. The number of hydrogen-bond donors (Lipinski definition) is 1.